The molecule has 0 aromatic heterocycles. The molecule has 3 rings (SSSR count). The van der Waals surface area contributed by atoms with Crippen LogP contribution in [0.3, 0.4) is 0 Å². The molecule has 0 unspecified atom stereocenters. The molecule has 160 valence electrons. The Balaban J connectivity index is 1.83. The van der Waals surface area contributed by atoms with Crippen molar-refractivity contribution in [1.82, 2.24) is 4.31 Å². The van der Waals surface area contributed by atoms with E-state index in [2.05, 4.69) is 5.32 Å². The van der Waals surface area contributed by atoms with Gasteiger partial charge in [-0.25, -0.2) is 12.8 Å². The maximum Gasteiger partial charge on any atom is 0.248 e. The van der Waals surface area contributed by atoms with E-state index in [1.807, 2.05) is 0 Å². The molecule has 0 bridgehead atoms. The van der Waals surface area contributed by atoms with Crippen LogP contribution < -0.4 is 10.1 Å². The minimum Gasteiger partial charge on any atom is -0.495 e. The number of rotatable bonds is 6. The monoisotopic (exact) mass is 452 g/mol. The van der Waals surface area contributed by atoms with Crippen LogP contribution in [-0.2, 0) is 14.8 Å². The zero-order chi connectivity index (χ0) is 21.7. The zero-order valence-corrected chi connectivity index (χ0v) is 18.0. The molecule has 0 saturated carbocycles. The molecule has 1 aliphatic heterocycles. The predicted octanol–water partition coefficient (Wildman–Crippen LogP) is 4.31. The van der Waals surface area contributed by atoms with Crippen molar-refractivity contribution in [1.29, 1.82) is 0 Å². The topological polar surface area (TPSA) is 75.7 Å². The standard InChI is InChI=1S/C21H22ClFN2O4S/c1-29-20-10-8-15(30(27,28)25-12-3-2-4-13-25)14-19(20)24-21(26)11-9-16-17(22)6-5-7-18(16)23/h5-11,14H,2-4,12-13H2,1H3,(H,24,26). The number of amides is 1. The van der Waals surface area contributed by atoms with Gasteiger partial charge in [0.25, 0.3) is 0 Å². The van der Waals surface area contributed by atoms with Crippen molar-refractivity contribution in [2.75, 3.05) is 25.5 Å². The van der Waals surface area contributed by atoms with Crippen LogP contribution in [-0.4, -0.2) is 38.8 Å². The van der Waals surface area contributed by atoms with E-state index in [0.29, 0.717) is 18.8 Å². The Hall–Kier alpha value is -2.42. The van der Waals surface area contributed by atoms with Gasteiger partial charge in [-0.05, 0) is 49.2 Å². The van der Waals surface area contributed by atoms with Gasteiger partial charge in [0.1, 0.15) is 11.6 Å². The summed E-state index contributed by atoms with van der Waals surface area (Å²) in [6.45, 7) is 0.949. The van der Waals surface area contributed by atoms with Gasteiger partial charge in [-0.15, -0.1) is 0 Å². The van der Waals surface area contributed by atoms with Gasteiger partial charge in [0.05, 0.1) is 22.7 Å². The van der Waals surface area contributed by atoms with Gasteiger partial charge < -0.3 is 10.1 Å². The molecule has 0 spiro atoms. The summed E-state index contributed by atoms with van der Waals surface area (Å²) in [4.78, 5) is 12.4. The molecule has 1 saturated heterocycles. The van der Waals surface area contributed by atoms with E-state index >= 15 is 0 Å². The number of methoxy groups -OCH3 is 1. The molecular weight excluding hydrogens is 431 g/mol. The number of anilines is 1. The number of benzene rings is 2. The molecule has 6 nitrogen and oxygen atoms in total. The molecule has 30 heavy (non-hydrogen) atoms. The van der Waals surface area contributed by atoms with Gasteiger partial charge in [0.15, 0.2) is 0 Å². The number of piperidine rings is 1. The SMILES string of the molecule is COc1ccc(S(=O)(=O)N2CCCCC2)cc1NC(=O)C=Cc1c(F)cccc1Cl. The molecule has 9 heteroatoms. The van der Waals surface area contributed by atoms with E-state index in [1.165, 1.54) is 53.9 Å². The largest absolute Gasteiger partial charge is 0.495 e. The summed E-state index contributed by atoms with van der Waals surface area (Å²) in [7, 11) is -2.25. The van der Waals surface area contributed by atoms with Gasteiger partial charge in [-0.2, -0.15) is 4.31 Å². The van der Waals surface area contributed by atoms with Crippen LogP contribution in [0.5, 0.6) is 5.75 Å². The number of carbonyl (C=O) groups excluding carboxylic acids is 1. The lowest BCUT2D eigenvalue weighted by atomic mass is 10.2. The van der Waals surface area contributed by atoms with E-state index in [4.69, 9.17) is 16.3 Å². The lowest BCUT2D eigenvalue weighted by Gasteiger charge is -2.26. The summed E-state index contributed by atoms with van der Waals surface area (Å²) in [6, 6.07) is 8.53. The van der Waals surface area contributed by atoms with Gasteiger partial charge in [0, 0.05) is 24.7 Å². The third kappa shape index (κ3) is 5.00. The second kappa shape index (κ2) is 9.59. The number of hydrogen-bond donors (Lipinski definition) is 1. The Labute approximate surface area is 180 Å². The molecule has 0 aliphatic carbocycles. The van der Waals surface area contributed by atoms with Crippen molar-refractivity contribution in [2.45, 2.75) is 24.2 Å². The predicted molar refractivity (Wildman–Crippen MR) is 115 cm³/mol. The molecule has 2 aromatic rings. The fourth-order valence-electron chi connectivity index (χ4n) is 3.20. The summed E-state index contributed by atoms with van der Waals surface area (Å²) < 4.78 is 46.4. The molecule has 2 aromatic carbocycles. The number of sulfonamides is 1. The molecule has 1 amide bonds. The van der Waals surface area contributed by atoms with Crippen molar-refractivity contribution in [3.63, 3.8) is 0 Å². The van der Waals surface area contributed by atoms with Crippen LogP contribution in [0.4, 0.5) is 10.1 Å². The van der Waals surface area contributed by atoms with Gasteiger partial charge in [0.2, 0.25) is 15.9 Å². The number of ether oxygens (including phenoxy) is 1. The van der Waals surface area contributed by atoms with Gasteiger partial charge in [-0.3, -0.25) is 4.79 Å². The Morgan fingerprint density at radius 3 is 2.60 bits per heavy atom. The average Bonchev–Trinajstić information content (AvgIpc) is 2.74. The minimum atomic E-state index is -3.67. The van der Waals surface area contributed by atoms with E-state index in [1.54, 1.807) is 0 Å². The molecule has 1 fully saturated rings. The van der Waals surface area contributed by atoms with Crippen LogP contribution in [0.15, 0.2) is 47.4 Å². The maximum absolute atomic E-state index is 13.8. The lowest BCUT2D eigenvalue weighted by molar-refractivity contribution is -0.111. The van der Waals surface area contributed by atoms with Crippen molar-refractivity contribution in [3.8, 4) is 5.75 Å². The van der Waals surface area contributed by atoms with E-state index in [9.17, 15) is 17.6 Å². The normalized spacial score (nSPS) is 15.3. The first kappa shape index (κ1) is 22.3. The van der Waals surface area contributed by atoms with E-state index < -0.39 is 21.7 Å². The number of carbonyl (C=O) groups is 1. The Bertz CT molecular complexity index is 1050. The first-order valence-corrected chi connectivity index (χ1v) is 11.3. The summed E-state index contributed by atoms with van der Waals surface area (Å²) in [6.07, 6.45) is 5.03. The van der Waals surface area contributed by atoms with Gasteiger partial charge in [-0.1, -0.05) is 24.1 Å². The lowest BCUT2D eigenvalue weighted by Crippen LogP contribution is -2.35. The minimum absolute atomic E-state index is 0.0710. The fraction of sp³-hybridized carbons (Fsp3) is 0.286. The smallest absolute Gasteiger partial charge is 0.248 e. The Kier molecular flexibility index (Phi) is 7.12. The van der Waals surface area contributed by atoms with Crippen molar-refractivity contribution in [2.24, 2.45) is 0 Å². The fourth-order valence-corrected chi connectivity index (χ4v) is 4.97. The summed E-state index contributed by atoms with van der Waals surface area (Å²) in [5.41, 5.74) is 0.285. The van der Waals surface area contributed by atoms with E-state index in [0.717, 1.165) is 25.3 Å². The summed E-state index contributed by atoms with van der Waals surface area (Å²) in [5, 5.41) is 2.76. The number of nitrogens with zero attached hydrogens (tertiary/aromatic N) is 1. The highest BCUT2D eigenvalue weighted by atomic mass is 35.5. The second-order valence-corrected chi connectivity index (χ2v) is 9.13. The van der Waals surface area contributed by atoms with Crippen molar-refractivity contribution < 1.29 is 22.3 Å². The molecule has 1 N–H and O–H groups in total. The highest BCUT2D eigenvalue weighted by Crippen LogP contribution is 2.30. The summed E-state index contributed by atoms with van der Waals surface area (Å²) in [5.74, 6) is -0.836. The maximum atomic E-state index is 13.8. The van der Waals surface area contributed by atoms with Crippen LogP contribution in [0.25, 0.3) is 6.08 Å². The Morgan fingerprint density at radius 2 is 1.93 bits per heavy atom. The molecular formula is C21H22ClFN2O4S. The first-order valence-electron chi connectivity index (χ1n) is 9.44. The molecule has 0 radical (unpaired) electrons. The van der Waals surface area contributed by atoms with Crippen LogP contribution >= 0.6 is 11.6 Å². The molecule has 1 heterocycles. The quantitative estimate of drug-likeness (QED) is 0.662. The Morgan fingerprint density at radius 1 is 1.20 bits per heavy atom. The number of halogens is 2. The average molecular weight is 453 g/mol. The number of hydrogen-bond acceptors (Lipinski definition) is 4. The highest BCUT2D eigenvalue weighted by molar-refractivity contribution is 7.89. The van der Waals surface area contributed by atoms with Crippen LogP contribution in [0.2, 0.25) is 5.02 Å². The second-order valence-electron chi connectivity index (χ2n) is 6.78. The summed E-state index contributed by atoms with van der Waals surface area (Å²) >= 11 is 5.95. The molecule has 1 aliphatic rings. The highest BCUT2D eigenvalue weighted by Gasteiger charge is 2.26. The first-order chi connectivity index (χ1) is 14.3. The van der Waals surface area contributed by atoms with Crippen LogP contribution in [0.1, 0.15) is 24.8 Å². The van der Waals surface area contributed by atoms with Gasteiger partial charge >= 0.3 is 0 Å². The third-order valence-corrected chi connectivity index (χ3v) is 7.01. The van der Waals surface area contributed by atoms with Crippen LogP contribution in [0, 0.1) is 5.82 Å². The van der Waals surface area contributed by atoms with Crippen molar-refractivity contribution in [3.05, 3.63) is 58.9 Å². The molecule has 0 atom stereocenters. The van der Waals surface area contributed by atoms with Crippen molar-refractivity contribution >= 4 is 39.3 Å². The van der Waals surface area contributed by atoms with E-state index in [-0.39, 0.29) is 21.2 Å². The zero-order valence-electron chi connectivity index (χ0n) is 16.4. The third-order valence-electron chi connectivity index (χ3n) is 4.78. The number of nitrogens with one attached hydrogen (secondary N) is 1.